The number of rotatable bonds is 7. The van der Waals surface area contributed by atoms with E-state index in [0.717, 1.165) is 33.8 Å². The van der Waals surface area contributed by atoms with E-state index in [1.165, 1.54) is 0 Å². The first-order valence-electron chi connectivity index (χ1n) is 12.9. The smallest absolute Gasteiger partial charge is 0.227 e. The molecule has 2 N–H and O–H groups in total. The number of para-hydroxylation sites is 1. The number of nitrogens with one attached hydrogen (secondary N) is 1. The Hall–Kier alpha value is -3.27. The summed E-state index contributed by atoms with van der Waals surface area (Å²) in [7, 11) is 0. The largest absolute Gasteiger partial charge is 0.507 e. The number of hydrogen-bond donors (Lipinski definition) is 2. The zero-order valence-electron chi connectivity index (χ0n) is 23.1. The molecule has 3 aromatic rings. The summed E-state index contributed by atoms with van der Waals surface area (Å²) >= 11 is 0. The van der Waals surface area contributed by atoms with Gasteiger partial charge in [0.05, 0.1) is 0 Å². The standard InChI is InChI=1S/C32H42N2O2/c1-22(2)34(26-17-15-25(16-18-26)33-24-12-10-9-11-13-24)29(35)19-14-23-20-27(31(3,4)5)30(36)28(21-23)32(6,7)8/h9-13,15-18,20-22,33,36H,14,19H2,1-8H3. The lowest BCUT2D eigenvalue weighted by atomic mass is 9.78. The number of carbonyl (C=O) groups excluding carboxylic acids is 1. The molecule has 0 atom stereocenters. The van der Waals surface area contributed by atoms with Crippen molar-refractivity contribution in [3.8, 4) is 5.75 Å². The van der Waals surface area contributed by atoms with E-state index in [1.54, 1.807) is 0 Å². The normalized spacial score (nSPS) is 12.0. The Morgan fingerprint density at radius 1 is 0.833 bits per heavy atom. The molecule has 192 valence electrons. The molecule has 0 heterocycles. The summed E-state index contributed by atoms with van der Waals surface area (Å²) in [5, 5.41) is 14.4. The Bertz CT molecular complexity index is 1130. The highest BCUT2D eigenvalue weighted by molar-refractivity contribution is 5.94. The second kappa shape index (κ2) is 10.8. The molecule has 0 saturated carbocycles. The minimum Gasteiger partial charge on any atom is -0.507 e. The maximum absolute atomic E-state index is 13.4. The van der Waals surface area contributed by atoms with Crippen molar-refractivity contribution in [3.63, 3.8) is 0 Å². The van der Waals surface area contributed by atoms with Crippen LogP contribution in [0.4, 0.5) is 17.1 Å². The summed E-state index contributed by atoms with van der Waals surface area (Å²) in [6, 6.07) is 22.2. The molecular formula is C32H42N2O2. The van der Waals surface area contributed by atoms with Crippen LogP contribution in [-0.4, -0.2) is 17.1 Å². The highest BCUT2D eigenvalue weighted by atomic mass is 16.3. The van der Waals surface area contributed by atoms with E-state index < -0.39 is 0 Å². The monoisotopic (exact) mass is 486 g/mol. The van der Waals surface area contributed by atoms with Crippen molar-refractivity contribution < 1.29 is 9.90 Å². The second-order valence-electron chi connectivity index (χ2n) is 11.9. The van der Waals surface area contributed by atoms with E-state index in [4.69, 9.17) is 0 Å². The number of amides is 1. The molecule has 3 aromatic carbocycles. The van der Waals surface area contributed by atoms with Crippen LogP contribution in [0.2, 0.25) is 0 Å². The van der Waals surface area contributed by atoms with E-state index in [1.807, 2.05) is 73.3 Å². The third-order valence-electron chi connectivity index (χ3n) is 6.41. The lowest BCUT2D eigenvalue weighted by Gasteiger charge is -2.29. The van der Waals surface area contributed by atoms with Crippen molar-refractivity contribution in [2.45, 2.75) is 85.1 Å². The van der Waals surface area contributed by atoms with Gasteiger partial charge >= 0.3 is 0 Å². The van der Waals surface area contributed by atoms with Crippen LogP contribution >= 0.6 is 0 Å². The van der Waals surface area contributed by atoms with Crippen LogP contribution in [0, 0.1) is 0 Å². The molecular weight excluding hydrogens is 444 g/mol. The van der Waals surface area contributed by atoms with Gasteiger partial charge in [0.25, 0.3) is 0 Å². The summed E-state index contributed by atoms with van der Waals surface area (Å²) in [5.41, 5.74) is 5.47. The third-order valence-corrected chi connectivity index (χ3v) is 6.41. The first-order valence-corrected chi connectivity index (χ1v) is 12.9. The fourth-order valence-corrected chi connectivity index (χ4v) is 4.48. The van der Waals surface area contributed by atoms with Crippen molar-refractivity contribution in [3.05, 3.63) is 83.4 Å². The molecule has 0 aliphatic heterocycles. The molecule has 3 rings (SSSR count). The van der Waals surface area contributed by atoms with Gasteiger partial charge in [0.1, 0.15) is 5.75 Å². The molecule has 0 saturated heterocycles. The maximum Gasteiger partial charge on any atom is 0.227 e. The first kappa shape index (κ1) is 27.3. The van der Waals surface area contributed by atoms with Crippen molar-refractivity contribution in [1.82, 2.24) is 0 Å². The van der Waals surface area contributed by atoms with Gasteiger partial charge in [0.15, 0.2) is 0 Å². The van der Waals surface area contributed by atoms with Crippen LogP contribution in [0.25, 0.3) is 0 Å². The van der Waals surface area contributed by atoms with Crippen LogP contribution in [0.15, 0.2) is 66.7 Å². The van der Waals surface area contributed by atoms with Crippen LogP contribution in [0.1, 0.15) is 78.5 Å². The number of benzene rings is 3. The molecule has 0 fully saturated rings. The summed E-state index contributed by atoms with van der Waals surface area (Å²) in [6.07, 6.45) is 1.03. The highest BCUT2D eigenvalue weighted by Crippen LogP contribution is 2.40. The van der Waals surface area contributed by atoms with Gasteiger partial charge in [0, 0.05) is 29.5 Å². The lowest BCUT2D eigenvalue weighted by molar-refractivity contribution is -0.118. The van der Waals surface area contributed by atoms with Crippen LogP contribution in [0.3, 0.4) is 0 Å². The van der Waals surface area contributed by atoms with Gasteiger partial charge in [-0.15, -0.1) is 0 Å². The second-order valence-corrected chi connectivity index (χ2v) is 11.9. The fraction of sp³-hybridized carbons (Fsp3) is 0.406. The Labute approximate surface area is 217 Å². The molecule has 0 spiro atoms. The molecule has 36 heavy (non-hydrogen) atoms. The summed E-state index contributed by atoms with van der Waals surface area (Å²) in [5.74, 6) is 0.467. The molecule has 0 aromatic heterocycles. The van der Waals surface area contributed by atoms with Gasteiger partial charge in [0.2, 0.25) is 5.91 Å². The first-order chi connectivity index (χ1) is 16.8. The van der Waals surface area contributed by atoms with Gasteiger partial charge in [-0.2, -0.15) is 0 Å². The average Bonchev–Trinajstić information content (AvgIpc) is 2.78. The minimum atomic E-state index is -0.191. The Morgan fingerprint density at radius 3 is 1.81 bits per heavy atom. The summed E-state index contributed by atoms with van der Waals surface area (Å²) < 4.78 is 0. The zero-order chi connectivity index (χ0) is 26.7. The van der Waals surface area contributed by atoms with E-state index in [9.17, 15) is 9.90 Å². The highest BCUT2D eigenvalue weighted by Gasteiger charge is 2.27. The van der Waals surface area contributed by atoms with Crippen LogP contribution in [0.5, 0.6) is 5.75 Å². The number of hydrogen-bond acceptors (Lipinski definition) is 3. The van der Waals surface area contributed by atoms with Crippen molar-refractivity contribution in [2.75, 3.05) is 10.2 Å². The minimum absolute atomic E-state index is 0.0422. The maximum atomic E-state index is 13.4. The molecule has 4 nitrogen and oxygen atoms in total. The van der Waals surface area contributed by atoms with E-state index >= 15 is 0 Å². The summed E-state index contributed by atoms with van der Waals surface area (Å²) in [6.45, 7) is 16.8. The molecule has 0 aliphatic carbocycles. The number of phenolic OH excluding ortho intramolecular Hbond substituents is 1. The van der Waals surface area contributed by atoms with Gasteiger partial charge in [-0.1, -0.05) is 71.9 Å². The number of anilines is 3. The number of aromatic hydroxyl groups is 1. The van der Waals surface area contributed by atoms with E-state index in [2.05, 4.69) is 59.0 Å². The van der Waals surface area contributed by atoms with Gasteiger partial charge < -0.3 is 15.3 Å². The van der Waals surface area contributed by atoms with E-state index in [0.29, 0.717) is 18.6 Å². The van der Waals surface area contributed by atoms with Crippen molar-refractivity contribution in [1.29, 1.82) is 0 Å². The molecule has 1 amide bonds. The molecule has 0 unspecified atom stereocenters. The van der Waals surface area contributed by atoms with Crippen LogP contribution in [-0.2, 0) is 22.0 Å². The molecule has 0 bridgehead atoms. The van der Waals surface area contributed by atoms with E-state index in [-0.39, 0.29) is 22.8 Å². The predicted molar refractivity (Wildman–Crippen MR) is 153 cm³/mol. The number of aryl methyl sites for hydroxylation is 1. The Balaban J connectivity index is 1.79. The third kappa shape index (κ3) is 6.69. The Kier molecular flexibility index (Phi) is 8.18. The number of phenols is 1. The topological polar surface area (TPSA) is 52.6 Å². The zero-order valence-corrected chi connectivity index (χ0v) is 23.1. The number of nitrogens with zero attached hydrogens (tertiary/aromatic N) is 1. The van der Waals surface area contributed by atoms with Gasteiger partial charge in [-0.05, 0) is 84.2 Å². The number of carbonyl (C=O) groups is 1. The van der Waals surface area contributed by atoms with Crippen LogP contribution < -0.4 is 10.2 Å². The average molecular weight is 487 g/mol. The Morgan fingerprint density at radius 2 is 1.33 bits per heavy atom. The quantitative estimate of drug-likeness (QED) is 0.355. The lowest BCUT2D eigenvalue weighted by Crippen LogP contribution is -2.37. The van der Waals surface area contributed by atoms with Gasteiger partial charge in [-0.25, -0.2) is 0 Å². The van der Waals surface area contributed by atoms with Gasteiger partial charge in [-0.3, -0.25) is 4.79 Å². The SMILES string of the molecule is CC(C)N(C(=O)CCc1cc(C(C)(C)C)c(O)c(C(C)(C)C)c1)c1ccc(Nc2ccccc2)cc1. The molecule has 4 heteroatoms. The summed E-state index contributed by atoms with van der Waals surface area (Å²) in [4.78, 5) is 15.3. The fourth-order valence-electron chi connectivity index (χ4n) is 4.48. The van der Waals surface area contributed by atoms with Crippen molar-refractivity contribution >= 4 is 23.0 Å². The molecule has 0 aliphatic rings. The molecule has 0 radical (unpaired) electrons. The van der Waals surface area contributed by atoms with Crippen molar-refractivity contribution in [2.24, 2.45) is 0 Å². The predicted octanol–water partition coefficient (Wildman–Crippen LogP) is 8.11.